The van der Waals surface area contributed by atoms with Crippen molar-refractivity contribution in [3.63, 3.8) is 0 Å². The molecule has 0 saturated carbocycles. The van der Waals surface area contributed by atoms with Crippen LogP contribution in [0.1, 0.15) is 59.8 Å². The Kier molecular flexibility index (Phi) is 11.7. The Bertz CT molecular complexity index is 282. The zero-order valence-electron chi connectivity index (χ0n) is 13.4. The summed E-state index contributed by atoms with van der Waals surface area (Å²) < 4.78 is 11.9. The molecule has 0 spiro atoms. The van der Waals surface area contributed by atoms with Crippen molar-refractivity contribution in [3.8, 4) is 0 Å². The first-order valence-corrected chi connectivity index (χ1v) is 9.32. The lowest BCUT2D eigenvalue weighted by Crippen LogP contribution is -2.29. The largest absolute Gasteiger partial charge is 0.478 e. The fraction of sp³-hybridized carbons (Fsp3) is 0.800. The van der Waals surface area contributed by atoms with Crippen LogP contribution in [0.15, 0.2) is 11.6 Å². The van der Waals surface area contributed by atoms with Gasteiger partial charge in [-0.2, -0.15) is 0 Å². The van der Waals surface area contributed by atoms with Gasteiger partial charge in [0.2, 0.25) is 0 Å². The smallest absolute Gasteiger partial charge is 0.330 e. The van der Waals surface area contributed by atoms with Gasteiger partial charge in [0.05, 0.1) is 0 Å². The molecule has 0 amide bonds. The molecule has 1 unspecified atom stereocenters. The molecule has 1 N–H and O–H groups in total. The lowest BCUT2D eigenvalue weighted by atomic mass is 10.2. The van der Waals surface area contributed by atoms with Crippen LogP contribution in [0, 0.1) is 0 Å². The van der Waals surface area contributed by atoms with Crippen molar-refractivity contribution in [3.05, 3.63) is 11.6 Å². The fourth-order valence-corrected chi connectivity index (χ4v) is 3.98. The number of aliphatic carboxylic acids is 1. The standard InChI is InChI=1S/C15H30O4Si/c1-5-8-10-18-20(19-11-9-6-2)14(7-3)12-13(4)15(16)17/h12,14,20H,5-11H2,1-4H3,(H,16,17). The number of hydrogen-bond acceptors (Lipinski definition) is 3. The molecule has 0 aliphatic heterocycles. The molecular weight excluding hydrogens is 272 g/mol. The number of carbonyl (C=O) groups is 1. The number of carboxylic acid groups (broad SMARTS) is 1. The number of carboxylic acids is 1. The molecule has 0 saturated heterocycles. The summed E-state index contributed by atoms with van der Waals surface area (Å²) in [6, 6.07) is 0. The normalized spacial score (nSPS) is 13.8. The summed E-state index contributed by atoms with van der Waals surface area (Å²) in [5.41, 5.74) is 0.507. The Labute approximate surface area is 125 Å². The molecule has 0 aromatic rings. The highest BCUT2D eigenvalue weighted by Gasteiger charge is 2.24. The molecule has 0 aromatic heterocycles. The summed E-state index contributed by atoms with van der Waals surface area (Å²) >= 11 is 0. The predicted molar refractivity (Wildman–Crippen MR) is 84.3 cm³/mol. The minimum Gasteiger partial charge on any atom is -0.478 e. The maximum absolute atomic E-state index is 11.0. The lowest BCUT2D eigenvalue weighted by molar-refractivity contribution is -0.132. The van der Waals surface area contributed by atoms with Gasteiger partial charge in [0.15, 0.2) is 0 Å². The third kappa shape index (κ3) is 8.50. The third-order valence-corrected chi connectivity index (χ3v) is 5.67. The molecule has 5 heteroatoms. The minimum atomic E-state index is -1.85. The first kappa shape index (κ1) is 19.3. The second-order valence-corrected chi connectivity index (χ2v) is 7.30. The second-order valence-electron chi connectivity index (χ2n) is 5.04. The van der Waals surface area contributed by atoms with Gasteiger partial charge in [0, 0.05) is 24.3 Å². The van der Waals surface area contributed by atoms with E-state index in [1.54, 1.807) is 6.92 Å². The molecule has 118 valence electrons. The van der Waals surface area contributed by atoms with Crippen molar-refractivity contribution >= 4 is 15.3 Å². The van der Waals surface area contributed by atoms with Crippen LogP contribution in [0.3, 0.4) is 0 Å². The van der Waals surface area contributed by atoms with E-state index in [9.17, 15) is 4.79 Å². The summed E-state index contributed by atoms with van der Waals surface area (Å²) in [7, 11) is -1.85. The van der Waals surface area contributed by atoms with Gasteiger partial charge in [-0.25, -0.2) is 4.79 Å². The molecule has 0 aromatic carbocycles. The van der Waals surface area contributed by atoms with Crippen molar-refractivity contribution in [2.24, 2.45) is 0 Å². The van der Waals surface area contributed by atoms with E-state index in [0.717, 1.165) is 45.3 Å². The molecular formula is C15H30O4Si. The molecule has 0 rings (SSSR count). The Morgan fingerprint density at radius 3 is 2.00 bits per heavy atom. The molecule has 0 aliphatic carbocycles. The summed E-state index contributed by atoms with van der Waals surface area (Å²) in [6.45, 7) is 9.39. The van der Waals surface area contributed by atoms with Gasteiger partial charge in [-0.15, -0.1) is 0 Å². The molecule has 1 atom stereocenters. The van der Waals surface area contributed by atoms with Crippen molar-refractivity contribution in [1.82, 2.24) is 0 Å². The van der Waals surface area contributed by atoms with Gasteiger partial charge in [-0.05, 0) is 26.2 Å². The zero-order valence-corrected chi connectivity index (χ0v) is 14.5. The Morgan fingerprint density at radius 1 is 1.15 bits per heavy atom. The van der Waals surface area contributed by atoms with Crippen molar-refractivity contribution in [2.75, 3.05) is 13.2 Å². The quantitative estimate of drug-likeness (QED) is 0.340. The average Bonchev–Trinajstić information content (AvgIpc) is 2.43. The van der Waals surface area contributed by atoms with E-state index >= 15 is 0 Å². The Hall–Kier alpha value is -0.653. The van der Waals surface area contributed by atoms with Crippen LogP contribution in [0.4, 0.5) is 0 Å². The van der Waals surface area contributed by atoms with Crippen LogP contribution in [-0.2, 0) is 13.6 Å². The highest BCUT2D eigenvalue weighted by atomic mass is 28.3. The zero-order chi connectivity index (χ0) is 15.4. The number of allylic oxidation sites excluding steroid dienone is 1. The summed E-state index contributed by atoms with van der Waals surface area (Å²) in [6.07, 6.45) is 6.92. The topological polar surface area (TPSA) is 55.8 Å². The second kappa shape index (κ2) is 12.1. The van der Waals surface area contributed by atoms with Gasteiger partial charge in [0.25, 0.3) is 0 Å². The molecule has 20 heavy (non-hydrogen) atoms. The van der Waals surface area contributed by atoms with E-state index in [0.29, 0.717) is 5.57 Å². The van der Waals surface area contributed by atoms with Crippen LogP contribution in [0.5, 0.6) is 0 Å². The monoisotopic (exact) mass is 302 g/mol. The van der Waals surface area contributed by atoms with E-state index in [1.807, 2.05) is 6.08 Å². The first-order chi connectivity index (χ1) is 9.56. The van der Waals surface area contributed by atoms with Crippen LogP contribution < -0.4 is 0 Å². The van der Waals surface area contributed by atoms with E-state index in [1.165, 1.54) is 0 Å². The minimum absolute atomic E-state index is 0.125. The fourth-order valence-electron chi connectivity index (χ4n) is 1.76. The molecule has 4 nitrogen and oxygen atoms in total. The molecule has 0 radical (unpaired) electrons. The highest BCUT2D eigenvalue weighted by molar-refractivity contribution is 6.47. The Balaban J connectivity index is 4.65. The number of hydrogen-bond donors (Lipinski definition) is 1. The van der Waals surface area contributed by atoms with Crippen LogP contribution in [0.2, 0.25) is 5.54 Å². The van der Waals surface area contributed by atoms with E-state index < -0.39 is 15.3 Å². The molecule has 0 aliphatic rings. The van der Waals surface area contributed by atoms with Crippen LogP contribution in [0.25, 0.3) is 0 Å². The van der Waals surface area contributed by atoms with Crippen molar-refractivity contribution in [1.29, 1.82) is 0 Å². The van der Waals surface area contributed by atoms with Gasteiger partial charge in [-0.3, -0.25) is 0 Å². The Morgan fingerprint density at radius 2 is 1.65 bits per heavy atom. The van der Waals surface area contributed by atoms with E-state index in [4.69, 9.17) is 14.0 Å². The SMILES string of the molecule is CCCCO[SiH](OCCCC)C(C=C(C)C(=O)O)CC. The third-order valence-electron chi connectivity index (χ3n) is 3.18. The van der Waals surface area contributed by atoms with Gasteiger partial charge >= 0.3 is 15.3 Å². The molecule has 0 fully saturated rings. The molecule has 0 bridgehead atoms. The molecule has 0 heterocycles. The van der Waals surface area contributed by atoms with Crippen LogP contribution >= 0.6 is 0 Å². The van der Waals surface area contributed by atoms with Crippen molar-refractivity contribution in [2.45, 2.75) is 65.3 Å². The number of rotatable bonds is 12. The number of unbranched alkanes of at least 4 members (excludes halogenated alkanes) is 2. The first-order valence-electron chi connectivity index (χ1n) is 7.71. The maximum atomic E-state index is 11.0. The van der Waals surface area contributed by atoms with E-state index in [-0.39, 0.29) is 5.54 Å². The van der Waals surface area contributed by atoms with Gasteiger partial charge in [0.1, 0.15) is 0 Å². The summed E-state index contributed by atoms with van der Waals surface area (Å²) in [4.78, 5) is 11.0. The van der Waals surface area contributed by atoms with Crippen molar-refractivity contribution < 1.29 is 18.8 Å². The predicted octanol–water partition coefficient (Wildman–Crippen LogP) is 3.65. The van der Waals surface area contributed by atoms with E-state index in [2.05, 4.69) is 20.8 Å². The average molecular weight is 302 g/mol. The summed E-state index contributed by atoms with van der Waals surface area (Å²) in [5.74, 6) is -0.863. The lowest BCUT2D eigenvalue weighted by Gasteiger charge is -2.23. The van der Waals surface area contributed by atoms with Crippen LogP contribution in [-0.4, -0.2) is 33.6 Å². The van der Waals surface area contributed by atoms with Gasteiger partial charge < -0.3 is 14.0 Å². The summed E-state index contributed by atoms with van der Waals surface area (Å²) in [5, 5.41) is 9.00. The maximum Gasteiger partial charge on any atom is 0.330 e. The van der Waals surface area contributed by atoms with Gasteiger partial charge in [-0.1, -0.05) is 39.7 Å². The highest BCUT2D eigenvalue weighted by Crippen LogP contribution is 2.21.